The van der Waals surface area contributed by atoms with Gasteiger partial charge >= 0.3 is 11.8 Å². The van der Waals surface area contributed by atoms with E-state index in [9.17, 15) is 19.6 Å². The van der Waals surface area contributed by atoms with Gasteiger partial charge in [0.05, 0.1) is 16.6 Å². The van der Waals surface area contributed by atoms with Crippen LogP contribution >= 0.6 is 34.8 Å². The zero-order chi connectivity index (χ0) is 24.7. The molecule has 0 aliphatic carbocycles. The lowest BCUT2D eigenvalue weighted by Crippen LogP contribution is -2.34. The fourth-order valence-electron chi connectivity index (χ4n) is 2.63. The van der Waals surface area contributed by atoms with Crippen molar-refractivity contribution in [2.75, 3.05) is 10.6 Å². The highest BCUT2D eigenvalue weighted by Gasteiger charge is 2.15. The van der Waals surface area contributed by atoms with Gasteiger partial charge in [0.2, 0.25) is 0 Å². The smallest absolute Gasteiger partial charge is 0.313 e. The van der Waals surface area contributed by atoms with Gasteiger partial charge in [-0.2, -0.15) is 5.26 Å². The lowest BCUT2D eigenvalue weighted by atomic mass is 10.2. The average molecular weight is 518 g/mol. The van der Waals surface area contributed by atoms with Gasteiger partial charge in [-0.3, -0.25) is 14.4 Å². The van der Waals surface area contributed by atoms with Crippen LogP contribution in [0.1, 0.15) is 11.5 Å². The van der Waals surface area contributed by atoms with Gasteiger partial charge in [-0.25, -0.2) is 0 Å². The number of anilines is 2. The van der Waals surface area contributed by atoms with E-state index in [1.165, 1.54) is 36.4 Å². The lowest BCUT2D eigenvalue weighted by molar-refractivity contribution is -0.136. The zero-order valence-electron chi connectivity index (χ0n) is 17.2. The number of hydrogen-bond donors (Lipinski definition) is 3. The predicted octanol–water partition coefficient (Wildman–Crippen LogP) is 5.04. The van der Waals surface area contributed by atoms with E-state index in [4.69, 9.17) is 39.2 Å². The Hall–Kier alpha value is -3.77. The minimum atomic E-state index is -0.908. The second-order valence-electron chi connectivity index (χ2n) is 6.70. The maximum absolute atomic E-state index is 12.3. The molecule has 0 saturated carbocycles. The number of benzene rings is 2. The summed E-state index contributed by atoms with van der Waals surface area (Å²) >= 11 is 17.6. The summed E-state index contributed by atoms with van der Waals surface area (Å²) in [5.74, 6) is -1.94. The van der Waals surface area contributed by atoms with E-state index in [0.29, 0.717) is 27.2 Å². The van der Waals surface area contributed by atoms with Crippen LogP contribution < -0.4 is 16.0 Å². The molecule has 0 radical (unpaired) electrons. The topological polar surface area (TPSA) is 124 Å². The van der Waals surface area contributed by atoms with Crippen molar-refractivity contribution in [3.8, 4) is 6.07 Å². The quantitative estimate of drug-likeness (QED) is 0.240. The molecule has 172 valence electrons. The highest BCUT2D eigenvalue weighted by atomic mass is 35.5. The van der Waals surface area contributed by atoms with E-state index < -0.39 is 17.7 Å². The number of nitriles is 1. The van der Waals surface area contributed by atoms with Crippen molar-refractivity contribution >= 4 is 70.0 Å². The average Bonchev–Trinajstić information content (AvgIpc) is 3.25. The Morgan fingerprint density at radius 2 is 1.62 bits per heavy atom. The summed E-state index contributed by atoms with van der Waals surface area (Å²) in [4.78, 5) is 36.4. The summed E-state index contributed by atoms with van der Waals surface area (Å²) < 4.78 is 5.51. The number of rotatable bonds is 6. The molecule has 1 aromatic heterocycles. The van der Waals surface area contributed by atoms with Crippen LogP contribution in [0.4, 0.5) is 11.4 Å². The first-order valence-corrected chi connectivity index (χ1v) is 10.7. The fraction of sp³-hybridized carbons (Fsp3) is 0.0435. The molecule has 0 aliphatic rings. The third kappa shape index (κ3) is 6.86. The highest BCUT2D eigenvalue weighted by Crippen LogP contribution is 2.25. The van der Waals surface area contributed by atoms with Crippen molar-refractivity contribution in [1.82, 2.24) is 5.32 Å². The molecule has 3 N–H and O–H groups in total. The van der Waals surface area contributed by atoms with Crippen molar-refractivity contribution in [3.63, 3.8) is 0 Å². The molecule has 8 nitrogen and oxygen atoms in total. The lowest BCUT2D eigenvalue weighted by Gasteiger charge is -2.06. The van der Waals surface area contributed by atoms with Crippen LogP contribution in [0, 0.1) is 11.3 Å². The SMILES string of the molecule is N#C/C(=C/c1ccc(CNC(=O)C(=O)Nc2ccc(Cl)c(Cl)c2)o1)C(=O)Nc1cccc(Cl)c1. The molecule has 3 amide bonds. The van der Waals surface area contributed by atoms with Crippen molar-refractivity contribution < 1.29 is 18.8 Å². The number of furan rings is 1. The Balaban J connectivity index is 1.57. The molecule has 2 aromatic carbocycles. The number of carbonyl (C=O) groups excluding carboxylic acids is 3. The third-order valence-electron chi connectivity index (χ3n) is 4.22. The molecular weight excluding hydrogens is 503 g/mol. The molecule has 0 unspecified atom stereocenters. The van der Waals surface area contributed by atoms with Crippen LogP contribution in [0.15, 0.2) is 64.6 Å². The molecule has 0 aliphatic heterocycles. The Bertz CT molecular complexity index is 1330. The van der Waals surface area contributed by atoms with Crippen LogP contribution in [0.25, 0.3) is 6.08 Å². The predicted molar refractivity (Wildman–Crippen MR) is 129 cm³/mol. The first-order valence-electron chi connectivity index (χ1n) is 9.57. The fourth-order valence-corrected chi connectivity index (χ4v) is 3.12. The van der Waals surface area contributed by atoms with Gasteiger partial charge in [0, 0.05) is 22.5 Å². The first kappa shape index (κ1) is 24.9. The van der Waals surface area contributed by atoms with Gasteiger partial charge in [-0.15, -0.1) is 0 Å². The number of halogens is 3. The highest BCUT2D eigenvalue weighted by molar-refractivity contribution is 6.43. The summed E-state index contributed by atoms with van der Waals surface area (Å²) in [7, 11) is 0. The van der Waals surface area contributed by atoms with E-state index in [1.54, 1.807) is 30.3 Å². The van der Waals surface area contributed by atoms with Gasteiger partial charge in [-0.1, -0.05) is 40.9 Å². The second-order valence-corrected chi connectivity index (χ2v) is 7.95. The number of amides is 3. The summed E-state index contributed by atoms with van der Waals surface area (Å²) in [6.45, 7) is -0.0991. The molecular formula is C23H15Cl3N4O4. The Labute approximate surface area is 209 Å². The van der Waals surface area contributed by atoms with Crippen molar-refractivity contribution in [1.29, 1.82) is 5.26 Å². The van der Waals surface area contributed by atoms with Crippen LogP contribution in [0.5, 0.6) is 0 Å². The van der Waals surface area contributed by atoms with Crippen LogP contribution in [-0.4, -0.2) is 17.7 Å². The number of carbonyl (C=O) groups is 3. The third-order valence-corrected chi connectivity index (χ3v) is 5.20. The summed E-state index contributed by atoms with van der Waals surface area (Å²) in [6.07, 6.45) is 1.25. The molecule has 1 heterocycles. The van der Waals surface area contributed by atoms with Gasteiger partial charge < -0.3 is 20.4 Å². The van der Waals surface area contributed by atoms with E-state index >= 15 is 0 Å². The van der Waals surface area contributed by atoms with Crippen molar-refractivity contribution in [3.05, 3.63) is 86.8 Å². The van der Waals surface area contributed by atoms with E-state index in [-0.39, 0.29) is 22.9 Å². The zero-order valence-corrected chi connectivity index (χ0v) is 19.5. The molecule has 3 aromatic rings. The monoisotopic (exact) mass is 516 g/mol. The van der Waals surface area contributed by atoms with Crippen molar-refractivity contribution in [2.45, 2.75) is 6.54 Å². The van der Waals surface area contributed by atoms with E-state index in [2.05, 4.69) is 16.0 Å². The maximum atomic E-state index is 12.3. The molecule has 0 saturated heterocycles. The van der Waals surface area contributed by atoms with E-state index in [1.807, 2.05) is 0 Å². The van der Waals surface area contributed by atoms with E-state index in [0.717, 1.165) is 0 Å². The maximum Gasteiger partial charge on any atom is 0.313 e. The van der Waals surface area contributed by atoms with Gasteiger partial charge in [0.1, 0.15) is 23.2 Å². The summed E-state index contributed by atoms with van der Waals surface area (Å²) in [6, 6.07) is 15.7. The normalized spacial score (nSPS) is 10.8. The van der Waals surface area contributed by atoms with Gasteiger partial charge in [-0.05, 0) is 48.5 Å². The Kier molecular flexibility index (Phi) is 8.33. The standard InChI is InChI=1S/C23H15Cl3N4O4/c24-14-2-1-3-15(9-14)29-21(31)13(11-27)8-17-5-6-18(34-17)12-28-22(32)23(33)30-16-4-7-19(25)20(26)10-16/h1-10H,12H2,(H,28,32)(H,29,31)(H,30,33)/b13-8-. The van der Waals surface area contributed by atoms with Gasteiger partial charge in [0.15, 0.2) is 0 Å². The number of nitrogens with zero attached hydrogens (tertiary/aromatic N) is 1. The molecule has 0 atom stereocenters. The largest absolute Gasteiger partial charge is 0.460 e. The molecule has 34 heavy (non-hydrogen) atoms. The summed E-state index contributed by atoms with van der Waals surface area (Å²) in [5, 5.41) is 17.7. The first-order chi connectivity index (χ1) is 16.2. The van der Waals surface area contributed by atoms with Crippen LogP contribution in [0.3, 0.4) is 0 Å². The number of nitrogens with one attached hydrogen (secondary N) is 3. The molecule has 0 fully saturated rings. The summed E-state index contributed by atoms with van der Waals surface area (Å²) in [5.41, 5.74) is 0.534. The Morgan fingerprint density at radius 1 is 0.882 bits per heavy atom. The minimum absolute atomic E-state index is 0.0991. The van der Waals surface area contributed by atoms with Crippen LogP contribution in [0.2, 0.25) is 15.1 Å². The van der Waals surface area contributed by atoms with Gasteiger partial charge in [0.25, 0.3) is 5.91 Å². The van der Waals surface area contributed by atoms with Crippen molar-refractivity contribution in [2.24, 2.45) is 0 Å². The Morgan fingerprint density at radius 3 is 2.32 bits per heavy atom. The second kappa shape index (κ2) is 11.4. The molecule has 3 rings (SSSR count). The molecule has 11 heteroatoms. The van der Waals surface area contributed by atoms with Crippen LogP contribution in [-0.2, 0) is 20.9 Å². The number of hydrogen-bond acceptors (Lipinski definition) is 5. The minimum Gasteiger partial charge on any atom is -0.460 e. The molecule has 0 bridgehead atoms. The molecule has 0 spiro atoms.